The molecule has 2 fully saturated rings. The molecule has 0 atom stereocenters. The summed E-state index contributed by atoms with van der Waals surface area (Å²) >= 11 is 1.53. The first kappa shape index (κ1) is 24.5. The number of thiophene rings is 1. The lowest BCUT2D eigenvalue weighted by atomic mass is 9.89. The van der Waals surface area contributed by atoms with E-state index in [2.05, 4.69) is 36.1 Å². The molecule has 6 nitrogen and oxygen atoms in total. The van der Waals surface area contributed by atoms with Gasteiger partial charge in [-0.25, -0.2) is 8.78 Å². The molecule has 1 aliphatic heterocycles. The van der Waals surface area contributed by atoms with Crippen molar-refractivity contribution in [2.45, 2.75) is 78.4 Å². The third kappa shape index (κ3) is 6.11. The van der Waals surface area contributed by atoms with Crippen molar-refractivity contribution in [3.63, 3.8) is 0 Å². The molecule has 2 aliphatic rings. The summed E-state index contributed by atoms with van der Waals surface area (Å²) in [5.74, 6) is 0.0157. The van der Waals surface area contributed by atoms with Crippen molar-refractivity contribution in [2.24, 2.45) is 5.41 Å². The highest BCUT2D eigenvalue weighted by Crippen LogP contribution is 2.31. The van der Waals surface area contributed by atoms with Crippen LogP contribution in [-0.4, -0.2) is 76.7 Å². The third-order valence-corrected chi connectivity index (χ3v) is 7.95. The quantitative estimate of drug-likeness (QED) is 0.666. The third-order valence-electron chi connectivity index (χ3n) is 6.81. The Hall–Kier alpha value is -1.58. The summed E-state index contributed by atoms with van der Waals surface area (Å²) in [5, 5.41) is 9.00. The summed E-state index contributed by atoms with van der Waals surface area (Å²) in [6.07, 6.45) is 1.78. The second kappa shape index (κ2) is 9.96. The summed E-state index contributed by atoms with van der Waals surface area (Å²) in [6.45, 7) is 12.5. The molecule has 9 heteroatoms. The van der Waals surface area contributed by atoms with Crippen molar-refractivity contribution in [1.82, 2.24) is 24.9 Å². The highest BCUT2D eigenvalue weighted by Gasteiger charge is 2.30. The summed E-state index contributed by atoms with van der Waals surface area (Å²) < 4.78 is 27.2. The molecule has 0 radical (unpaired) electrons. The number of fused-ring (bicyclic) bond motifs is 1. The molecule has 1 amide bonds. The Morgan fingerprint density at radius 1 is 1.18 bits per heavy atom. The van der Waals surface area contributed by atoms with Crippen molar-refractivity contribution in [2.75, 3.05) is 32.7 Å². The molecule has 0 aromatic carbocycles. The molecule has 2 aromatic heterocycles. The number of rotatable bonds is 6. The highest BCUT2D eigenvalue weighted by atomic mass is 32.1. The van der Waals surface area contributed by atoms with Crippen LogP contribution in [0.25, 0.3) is 10.2 Å². The Bertz CT molecular complexity index is 950. The zero-order chi connectivity index (χ0) is 23.8. The number of alkyl halides is 2. The van der Waals surface area contributed by atoms with Gasteiger partial charge in [0.15, 0.2) is 0 Å². The maximum atomic E-state index is 13.0. The first-order chi connectivity index (χ1) is 15.6. The monoisotopic (exact) mass is 481 g/mol. The Labute approximate surface area is 199 Å². The first-order valence-electron chi connectivity index (χ1n) is 12.1. The number of hydrogen-bond acceptors (Lipinski definition) is 5. The molecule has 3 heterocycles. The lowest BCUT2D eigenvalue weighted by Crippen LogP contribution is -2.52. The van der Waals surface area contributed by atoms with E-state index in [0.29, 0.717) is 6.04 Å². The van der Waals surface area contributed by atoms with E-state index in [1.54, 1.807) is 0 Å². The zero-order valence-electron chi connectivity index (χ0n) is 20.2. The van der Waals surface area contributed by atoms with Crippen LogP contribution in [0.1, 0.15) is 61.8 Å². The van der Waals surface area contributed by atoms with E-state index in [4.69, 9.17) is 0 Å². The van der Waals surface area contributed by atoms with Crippen molar-refractivity contribution in [3.8, 4) is 0 Å². The van der Waals surface area contributed by atoms with Gasteiger partial charge in [-0.05, 0) is 44.1 Å². The van der Waals surface area contributed by atoms with Crippen molar-refractivity contribution >= 4 is 27.5 Å². The second-order valence-corrected chi connectivity index (χ2v) is 11.9. The van der Waals surface area contributed by atoms with E-state index in [1.807, 2.05) is 22.6 Å². The Kier molecular flexibility index (Phi) is 7.41. The van der Waals surface area contributed by atoms with Gasteiger partial charge in [0.25, 0.3) is 12.3 Å². The normalized spacial score (nSPS) is 23.5. The van der Waals surface area contributed by atoms with Gasteiger partial charge in [-0.15, -0.1) is 11.3 Å². The number of nitrogens with one attached hydrogen (secondary N) is 1. The van der Waals surface area contributed by atoms with Crippen LogP contribution in [0.15, 0.2) is 6.07 Å². The van der Waals surface area contributed by atoms with Crippen LogP contribution in [0.4, 0.5) is 8.78 Å². The van der Waals surface area contributed by atoms with E-state index in [0.717, 1.165) is 79.2 Å². The fraction of sp³-hybridized carbons (Fsp3) is 0.750. The lowest BCUT2D eigenvalue weighted by molar-refractivity contribution is 0.0346. The molecule has 0 unspecified atom stereocenters. The van der Waals surface area contributed by atoms with Crippen LogP contribution in [0, 0.1) is 12.3 Å². The molecular formula is C24H37F2N5OS. The van der Waals surface area contributed by atoms with Crippen LogP contribution >= 0.6 is 11.3 Å². The van der Waals surface area contributed by atoms with Crippen molar-refractivity contribution < 1.29 is 13.6 Å². The summed E-state index contributed by atoms with van der Waals surface area (Å²) in [5.41, 5.74) is 1.09. The molecule has 33 heavy (non-hydrogen) atoms. The molecule has 4 rings (SSSR count). The fourth-order valence-electron chi connectivity index (χ4n) is 5.13. The van der Waals surface area contributed by atoms with E-state index in [-0.39, 0.29) is 23.9 Å². The molecule has 1 N–H and O–H groups in total. The lowest BCUT2D eigenvalue weighted by Gasteiger charge is -2.42. The number of halogens is 2. The van der Waals surface area contributed by atoms with Crippen LogP contribution in [0.5, 0.6) is 0 Å². The minimum Gasteiger partial charge on any atom is -0.349 e. The molecule has 184 valence electrons. The van der Waals surface area contributed by atoms with Gasteiger partial charge in [0.1, 0.15) is 4.83 Å². The molecule has 1 saturated heterocycles. The number of amides is 1. The van der Waals surface area contributed by atoms with Crippen LogP contribution in [0.3, 0.4) is 0 Å². The Morgan fingerprint density at radius 2 is 1.85 bits per heavy atom. The van der Waals surface area contributed by atoms with Gasteiger partial charge >= 0.3 is 0 Å². The summed E-state index contributed by atoms with van der Waals surface area (Å²) in [6, 6.07) is 2.69. The number of aromatic nitrogens is 2. The summed E-state index contributed by atoms with van der Waals surface area (Å²) in [7, 11) is 0. The van der Waals surface area contributed by atoms with Gasteiger partial charge in [0, 0.05) is 50.2 Å². The first-order valence-corrected chi connectivity index (χ1v) is 12.9. The van der Waals surface area contributed by atoms with Gasteiger partial charge in [-0.2, -0.15) is 5.10 Å². The molecule has 1 aliphatic carbocycles. The van der Waals surface area contributed by atoms with Gasteiger partial charge in [0.05, 0.1) is 17.1 Å². The highest BCUT2D eigenvalue weighted by molar-refractivity contribution is 7.20. The van der Waals surface area contributed by atoms with Crippen LogP contribution in [-0.2, 0) is 6.54 Å². The second-order valence-electron chi connectivity index (χ2n) is 10.8. The van der Waals surface area contributed by atoms with E-state index >= 15 is 0 Å². The number of hydrogen-bond donors (Lipinski definition) is 1. The maximum absolute atomic E-state index is 13.0. The predicted molar refractivity (Wildman–Crippen MR) is 129 cm³/mol. The minimum absolute atomic E-state index is 0.0157. The standard InChI is InChI=1S/C24H37F2N5OS/c1-16-19-13-20(33-23(19)31(28-16)15-24(2,3)4)22(32)27-17-5-7-18(8-6-17)30-11-9-29(10-12-30)14-21(25)26/h13,17-18,21H,5-12,14-15H2,1-4H3,(H,27,32). The average molecular weight is 482 g/mol. The topological polar surface area (TPSA) is 53.4 Å². The number of carbonyl (C=O) groups excluding carboxylic acids is 1. The zero-order valence-corrected chi connectivity index (χ0v) is 21.1. The van der Waals surface area contributed by atoms with E-state index in [9.17, 15) is 13.6 Å². The smallest absolute Gasteiger partial charge is 0.261 e. The summed E-state index contributed by atoms with van der Waals surface area (Å²) in [4.78, 5) is 19.1. The molecule has 2 aromatic rings. The van der Waals surface area contributed by atoms with Gasteiger partial charge in [-0.1, -0.05) is 20.8 Å². The Balaban J connectivity index is 1.29. The number of nitrogens with zero attached hydrogens (tertiary/aromatic N) is 4. The Morgan fingerprint density at radius 3 is 2.45 bits per heavy atom. The largest absolute Gasteiger partial charge is 0.349 e. The fourth-order valence-corrected chi connectivity index (χ4v) is 6.19. The molecule has 0 bridgehead atoms. The number of aryl methyl sites for hydroxylation is 1. The molecule has 1 saturated carbocycles. The average Bonchev–Trinajstić information content (AvgIpc) is 3.29. The molecular weight excluding hydrogens is 444 g/mol. The van der Waals surface area contributed by atoms with Crippen LogP contribution in [0.2, 0.25) is 0 Å². The van der Waals surface area contributed by atoms with Crippen molar-refractivity contribution in [3.05, 3.63) is 16.6 Å². The SMILES string of the molecule is Cc1nn(CC(C)(C)C)c2sc(C(=O)NC3CCC(N4CCN(CC(F)F)CC4)CC3)cc12. The minimum atomic E-state index is -2.25. The number of piperazine rings is 1. The van der Waals surface area contributed by atoms with Gasteiger partial charge < -0.3 is 5.32 Å². The van der Waals surface area contributed by atoms with Gasteiger partial charge in [-0.3, -0.25) is 19.3 Å². The van der Waals surface area contributed by atoms with E-state index < -0.39 is 6.43 Å². The van der Waals surface area contributed by atoms with Gasteiger partial charge in [0.2, 0.25) is 0 Å². The molecule has 0 spiro atoms. The van der Waals surface area contributed by atoms with E-state index in [1.165, 1.54) is 11.3 Å². The van der Waals surface area contributed by atoms with Crippen molar-refractivity contribution in [1.29, 1.82) is 0 Å². The van der Waals surface area contributed by atoms with Crippen LogP contribution < -0.4 is 5.32 Å². The number of carbonyl (C=O) groups is 1. The predicted octanol–water partition coefficient (Wildman–Crippen LogP) is 4.38. The maximum Gasteiger partial charge on any atom is 0.261 e.